The molecule has 0 aliphatic heterocycles. The number of aliphatic imine (C=N–C) groups is 1. The van der Waals surface area contributed by atoms with Gasteiger partial charge in [-0.25, -0.2) is 0 Å². The molecule has 0 heterocycles. The van der Waals surface area contributed by atoms with Crippen molar-refractivity contribution in [3.05, 3.63) is 29.3 Å². The molecule has 1 saturated carbocycles. The highest BCUT2D eigenvalue weighted by atomic mass is 14.8. The van der Waals surface area contributed by atoms with Gasteiger partial charge >= 0.3 is 0 Å². The summed E-state index contributed by atoms with van der Waals surface area (Å²) in [5.41, 5.74) is 5.17. The van der Waals surface area contributed by atoms with Crippen molar-refractivity contribution in [1.29, 1.82) is 0 Å². The van der Waals surface area contributed by atoms with Crippen molar-refractivity contribution in [2.75, 3.05) is 0 Å². The van der Waals surface area contributed by atoms with Gasteiger partial charge in [-0.3, -0.25) is 4.99 Å². The second-order valence-electron chi connectivity index (χ2n) is 5.17. The van der Waals surface area contributed by atoms with E-state index in [2.05, 4.69) is 39.0 Å². The first-order valence-corrected chi connectivity index (χ1v) is 6.29. The van der Waals surface area contributed by atoms with Crippen LogP contribution in [-0.4, -0.2) is 5.71 Å². The maximum atomic E-state index is 4.83. The normalized spacial score (nSPS) is 23.7. The first kappa shape index (κ1) is 11.4. The number of rotatable bonds is 1. The summed E-state index contributed by atoms with van der Waals surface area (Å²) >= 11 is 0. The molecule has 1 aromatic rings. The zero-order chi connectivity index (χ0) is 11.5. The molecule has 1 fully saturated rings. The minimum atomic E-state index is 0.818. The zero-order valence-electron chi connectivity index (χ0n) is 10.6. The lowest BCUT2D eigenvalue weighted by Gasteiger charge is -2.19. The van der Waals surface area contributed by atoms with E-state index in [-0.39, 0.29) is 0 Å². The Bertz CT molecular complexity index is 404. The van der Waals surface area contributed by atoms with E-state index in [1.807, 2.05) is 0 Å². The fourth-order valence-electron chi connectivity index (χ4n) is 2.46. The number of hydrogen-bond acceptors (Lipinski definition) is 1. The van der Waals surface area contributed by atoms with Crippen LogP contribution in [-0.2, 0) is 0 Å². The van der Waals surface area contributed by atoms with Crippen molar-refractivity contribution in [2.45, 2.75) is 46.5 Å². The molecule has 0 amide bonds. The molecule has 1 heteroatoms. The lowest BCUT2D eigenvalue weighted by atomic mass is 9.89. The lowest BCUT2D eigenvalue weighted by Crippen LogP contribution is -2.12. The van der Waals surface area contributed by atoms with Crippen LogP contribution in [0.3, 0.4) is 0 Å². The quantitative estimate of drug-likeness (QED) is 0.650. The molecule has 0 bridgehead atoms. The first-order valence-electron chi connectivity index (χ1n) is 6.29. The molecule has 1 unspecified atom stereocenters. The Morgan fingerprint density at radius 2 is 2.06 bits per heavy atom. The molecule has 1 nitrogen and oxygen atoms in total. The molecule has 0 saturated heterocycles. The van der Waals surface area contributed by atoms with E-state index >= 15 is 0 Å². The molecular formula is C15H21N. The van der Waals surface area contributed by atoms with Crippen LogP contribution in [0, 0.1) is 19.8 Å². The van der Waals surface area contributed by atoms with Crippen molar-refractivity contribution in [3.63, 3.8) is 0 Å². The SMILES string of the molecule is Cc1ccc(/N=C2\CCCC(C)C2)c(C)c1. The smallest absolute Gasteiger partial charge is 0.0658 e. The molecule has 1 atom stereocenters. The average molecular weight is 215 g/mol. The van der Waals surface area contributed by atoms with Crippen molar-refractivity contribution >= 4 is 11.4 Å². The van der Waals surface area contributed by atoms with Crippen LogP contribution in [0.1, 0.15) is 43.7 Å². The fourth-order valence-corrected chi connectivity index (χ4v) is 2.46. The van der Waals surface area contributed by atoms with Gasteiger partial charge < -0.3 is 0 Å². The molecule has 2 rings (SSSR count). The molecule has 0 radical (unpaired) electrons. The minimum Gasteiger partial charge on any atom is -0.258 e. The Kier molecular flexibility index (Phi) is 3.42. The van der Waals surface area contributed by atoms with Crippen LogP contribution in [0.4, 0.5) is 5.69 Å². The largest absolute Gasteiger partial charge is 0.258 e. The molecular weight excluding hydrogens is 194 g/mol. The Morgan fingerprint density at radius 1 is 1.25 bits per heavy atom. The summed E-state index contributed by atoms with van der Waals surface area (Å²) in [6, 6.07) is 6.52. The van der Waals surface area contributed by atoms with Crippen LogP contribution in [0.5, 0.6) is 0 Å². The molecule has 16 heavy (non-hydrogen) atoms. The highest BCUT2D eigenvalue weighted by molar-refractivity contribution is 5.88. The van der Waals surface area contributed by atoms with Gasteiger partial charge in [0.05, 0.1) is 5.69 Å². The Morgan fingerprint density at radius 3 is 2.75 bits per heavy atom. The maximum absolute atomic E-state index is 4.83. The van der Waals surface area contributed by atoms with Crippen LogP contribution >= 0.6 is 0 Å². The standard InChI is InChI=1S/C15H21N/c1-11-5-4-6-14(10-11)16-15-8-7-12(2)9-13(15)3/h7-9,11H,4-6,10H2,1-3H3/b16-14+. The predicted octanol–water partition coefficient (Wildman–Crippen LogP) is 4.59. The van der Waals surface area contributed by atoms with Crippen LogP contribution in [0.15, 0.2) is 23.2 Å². The third-order valence-electron chi connectivity index (χ3n) is 3.38. The van der Waals surface area contributed by atoms with Gasteiger partial charge in [0.15, 0.2) is 0 Å². The summed E-state index contributed by atoms with van der Waals surface area (Å²) < 4.78 is 0. The van der Waals surface area contributed by atoms with Gasteiger partial charge in [0.2, 0.25) is 0 Å². The second-order valence-corrected chi connectivity index (χ2v) is 5.17. The van der Waals surface area contributed by atoms with E-state index in [1.165, 1.54) is 42.5 Å². The van der Waals surface area contributed by atoms with Crippen molar-refractivity contribution in [3.8, 4) is 0 Å². The van der Waals surface area contributed by atoms with Gasteiger partial charge in [0.1, 0.15) is 0 Å². The second kappa shape index (κ2) is 4.82. The highest BCUT2D eigenvalue weighted by Crippen LogP contribution is 2.26. The van der Waals surface area contributed by atoms with Gasteiger partial charge in [0, 0.05) is 5.71 Å². The maximum Gasteiger partial charge on any atom is 0.0658 e. The third-order valence-corrected chi connectivity index (χ3v) is 3.38. The summed E-state index contributed by atoms with van der Waals surface area (Å²) in [5.74, 6) is 0.818. The van der Waals surface area contributed by atoms with Gasteiger partial charge in [-0.1, -0.05) is 24.6 Å². The van der Waals surface area contributed by atoms with E-state index < -0.39 is 0 Å². The van der Waals surface area contributed by atoms with E-state index in [1.54, 1.807) is 0 Å². The van der Waals surface area contributed by atoms with Crippen LogP contribution in [0.25, 0.3) is 0 Å². The van der Waals surface area contributed by atoms with Crippen molar-refractivity contribution < 1.29 is 0 Å². The molecule has 1 aromatic carbocycles. The molecule has 86 valence electrons. The summed E-state index contributed by atoms with van der Waals surface area (Å²) in [4.78, 5) is 4.83. The van der Waals surface area contributed by atoms with E-state index in [0.717, 1.165) is 11.6 Å². The van der Waals surface area contributed by atoms with Crippen molar-refractivity contribution in [2.24, 2.45) is 10.9 Å². The van der Waals surface area contributed by atoms with Crippen LogP contribution in [0.2, 0.25) is 0 Å². The first-order chi connectivity index (χ1) is 7.65. The molecule has 1 aliphatic rings. The predicted molar refractivity (Wildman–Crippen MR) is 70.6 cm³/mol. The van der Waals surface area contributed by atoms with E-state index in [0.29, 0.717) is 0 Å². The summed E-state index contributed by atoms with van der Waals surface area (Å²) in [6.07, 6.45) is 5.06. The minimum absolute atomic E-state index is 0.818. The Hall–Kier alpha value is -1.11. The van der Waals surface area contributed by atoms with Gasteiger partial charge in [-0.15, -0.1) is 0 Å². The number of hydrogen-bond donors (Lipinski definition) is 0. The van der Waals surface area contributed by atoms with Gasteiger partial charge in [-0.05, 0) is 57.1 Å². The molecule has 0 spiro atoms. The monoisotopic (exact) mass is 215 g/mol. The third kappa shape index (κ3) is 2.72. The number of nitrogens with zero attached hydrogens (tertiary/aromatic N) is 1. The molecule has 1 aliphatic carbocycles. The Balaban J connectivity index is 2.21. The molecule has 0 aromatic heterocycles. The van der Waals surface area contributed by atoms with E-state index in [4.69, 9.17) is 4.99 Å². The van der Waals surface area contributed by atoms with E-state index in [9.17, 15) is 0 Å². The zero-order valence-corrected chi connectivity index (χ0v) is 10.6. The lowest BCUT2D eigenvalue weighted by molar-refractivity contribution is 0.500. The molecule has 0 N–H and O–H groups in total. The fraction of sp³-hybridized carbons (Fsp3) is 0.533. The number of aryl methyl sites for hydroxylation is 2. The summed E-state index contributed by atoms with van der Waals surface area (Å²) in [6.45, 7) is 6.61. The van der Waals surface area contributed by atoms with Crippen molar-refractivity contribution in [1.82, 2.24) is 0 Å². The van der Waals surface area contributed by atoms with Crippen LogP contribution < -0.4 is 0 Å². The number of benzene rings is 1. The van der Waals surface area contributed by atoms with Gasteiger partial charge in [-0.2, -0.15) is 0 Å². The summed E-state index contributed by atoms with van der Waals surface area (Å²) in [5, 5.41) is 0. The summed E-state index contributed by atoms with van der Waals surface area (Å²) in [7, 11) is 0. The van der Waals surface area contributed by atoms with Gasteiger partial charge in [0.25, 0.3) is 0 Å². The topological polar surface area (TPSA) is 12.4 Å². The highest BCUT2D eigenvalue weighted by Gasteiger charge is 2.14. The average Bonchev–Trinajstić information content (AvgIpc) is 2.22. The Labute approximate surface area is 98.6 Å².